The van der Waals surface area contributed by atoms with Gasteiger partial charge in [0.15, 0.2) is 0 Å². The fourth-order valence-electron chi connectivity index (χ4n) is 1.27. The van der Waals surface area contributed by atoms with Gasteiger partial charge < -0.3 is 0 Å². The van der Waals surface area contributed by atoms with E-state index < -0.39 is 0 Å². The van der Waals surface area contributed by atoms with Gasteiger partial charge in [0.1, 0.15) is 0 Å². The Hall–Kier alpha value is -0.750. The molecule has 14 heavy (non-hydrogen) atoms. The molecule has 0 heterocycles. The molecule has 0 aliphatic rings. The van der Waals surface area contributed by atoms with Crippen molar-refractivity contribution in [3.05, 3.63) is 41.5 Å². The lowest BCUT2D eigenvalue weighted by Crippen LogP contribution is -2.10. The van der Waals surface area contributed by atoms with Crippen LogP contribution in [0.2, 0.25) is 0 Å². The van der Waals surface area contributed by atoms with Crippen LogP contribution in [-0.2, 0) is 5.41 Å². The van der Waals surface area contributed by atoms with Crippen LogP contribution < -0.4 is 0 Å². The molecule has 0 N–H and O–H groups in total. The van der Waals surface area contributed by atoms with Crippen LogP contribution in [0.1, 0.15) is 31.9 Å². The summed E-state index contributed by atoms with van der Waals surface area (Å²) in [6.45, 7) is 6.66. The van der Waals surface area contributed by atoms with Crippen LogP contribution in [0.4, 0.5) is 0 Å². The average Bonchev–Trinajstić information content (AvgIpc) is 2.14. The zero-order chi connectivity index (χ0) is 10.6. The molecule has 1 rings (SSSR count). The standard InChI is InChI=1S/C13H17Cl/c1-13(2,3)12-8-6-11(7-9-12)5-4-10-14/h4-9H,10H2,1-3H3. The Balaban J connectivity index is 2.84. The quantitative estimate of drug-likeness (QED) is 0.638. The van der Waals surface area contributed by atoms with Gasteiger partial charge in [-0.25, -0.2) is 0 Å². The Bertz CT molecular complexity index is 301. The highest BCUT2D eigenvalue weighted by Gasteiger charge is 2.12. The lowest BCUT2D eigenvalue weighted by Gasteiger charge is -2.18. The summed E-state index contributed by atoms with van der Waals surface area (Å²) in [6, 6.07) is 8.61. The molecule has 0 bridgehead atoms. The van der Waals surface area contributed by atoms with Gasteiger partial charge in [-0.3, -0.25) is 0 Å². The lowest BCUT2D eigenvalue weighted by atomic mass is 9.87. The van der Waals surface area contributed by atoms with E-state index in [1.165, 1.54) is 11.1 Å². The van der Waals surface area contributed by atoms with Gasteiger partial charge >= 0.3 is 0 Å². The van der Waals surface area contributed by atoms with Gasteiger partial charge in [-0.15, -0.1) is 11.6 Å². The maximum atomic E-state index is 5.57. The van der Waals surface area contributed by atoms with E-state index in [-0.39, 0.29) is 5.41 Å². The molecule has 0 spiro atoms. The molecular formula is C13H17Cl. The molecule has 0 amide bonds. The van der Waals surface area contributed by atoms with Crippen molar-refractivity contribution in [2.45, 2.75) is 26.2 Å². The lowest BCUT2D eigenvalue weighted by molar-refractivity contribution is 0.590. The summed E-state index contributed by atoms with van der Waals surface area (Å²) >= 11 is 5.57. The van der Waals surface area contributed by atoms with E-state index in [4.69, 9.17) is 11.6 Å². The van der Waals surface area contributed by atoms with E-state index in [0.717, 1.165) is 0 Å². The van der Waals surface area contributed by atoms with Crippen LogP contribution in [0.15, 0.2) is 30.3 Å². The first kappa shape index (κ1) is 11.3. The van der Waals surface area contributed by atoms with E-state index >= 15 is 0 Å². The first-order valence-corrected chi connectivity index (χ1v) is 5.40. The largest absolute Gasteiger partial charge is 0.122 e. The maximum absolute atomic E-state index is 5.57. The highest BCUT2D eigenvalue weighted by molar-refractivity contribution is 6.19. The Kier molecular flexibility index (Phi) is 3.77. The molecular weight excluding hydrogens is 192 g/mol. The van der Waals surface area contributed by atoms with Gasteiger partial charge in [0.2, 0.25) is 0 Å². The van der Waals surface area contributed by atoms with Gasteiger partial charge in [-0.1, -0.05) is 57.2 Å². The van der Waals surface area contributed by atoms with E-state index in [1.807, 2.05) is 12.2 Å². The third-order valence-electron chi connectivity index (χ3n) is 2.18. The molecule has 0 aromatic heterocycles. The summed E-state index contributed by atoms with van der Waals surface area (Å²) in [5.41, 5.74) is 2.80. The highest BCUT2D eigenvalue weighted by atomic mass is 35.5. The molecule has 0 fully saturated rings. The number of alkyl halides is 1. The number of hydrogen-bond acceptors (Lipinski definition) is 0. The summed E-state index contributed by atoms with van der Waals surface area (Å²) in [6.07, 6.45) is 3.99. The fourth-order valence-corrected chi connectivity index (χ4v) is 1.36. The molecule has 0 unspecified atom stereocenters. The second-order valence-corrected chi connectivity index (χ2v) is 4.74. The molecule has 1 aromatic carbocycles. The normalized spacial score (nSPS) is 12.3. The average molecular weight is 209 g/mol. The van der Waals surface area contributed by atoms with Crippen molar-refractivity contribution in [3.63, 3.8) is 0 Å². The monoisotopic (exact) mass is 208 g/mol. The van der Waals surface area contributed by atoms with Crippen LogP contribution >= 0.6 is 11.6 Å². The van der Waals surface area contributed by atoms with Crippen LogP contribution in [0.3, 0.4) is 0 Å². The second kappa shape index (κ2) is 4.65. The molecule has 0 saturated carbocycles. The van der Waals surface area contributed by atoms with Crippen LogP contribution in [-0.4, -0.2) is 5.88 Å². The van der Waals surface area contributed by atoms with E-state index in [9.17, 15) is 0 Å². The first-order valence-electron chi connectivity index (χ1n) is 4.87. The van der Waals surface area contributed by atoms with Gasteiger partial charge in [-0.05, 0) is 16.5 Å². The Labute approximate surface area is 91.6 Å². The predicted octanol–water partition coefficient (Wildman–Crippen LogP) is 4.24. The summed E-state index contributed by atoms with van der Waals surface area (Å²) in [4.78, 5) is 0. The summed E-state index contributed by atoms with van der Waals surface area (Å²) < 4.78 is 0. The zero-order valence-corrected chi connectivity index (χ0v) is 9.81. The highest BCUT2D eigenvalue weighted by Crippen LogP contribution is 2.22. The van der Waals surface area contributed by atoms with Crippen LogP contribution in [0, 0.1) is 0 Å². The molecule has 1 heteroatoms. The number of rotatable bonds is 2. The molecule has 0 saturated heterocycles. The molecule has 0 aliphatic heterocycles. The van der Waals surface area contributed by atoms with Gasteiger partial charge in [0, 0.05) is 5.88 Å². The molecule has 0 atom stereocenters. The Morgan fingerprint density at radius 3 is 2.14 bits per heavy atom. The third kappa shape index (κ3) is 3.19. The minimum atomic E-state index is 0.231. The second-order valence-electron chi connectivity index (χ2n) is 4.43. The zero-order valence-electron chi connectivity index (χ0n) is 9.05. The Morgan fingerprint density at radius 2 is 1.71 bits per heavy atom. The van der Waals surface area contributed by atoms with Crippen LogP contribution in [0.25, 0.3) is 6.08 Å². The molecule has 0 nitrogen and oxygen atoms in total. The number of benzene rings is 1. The predicted molar refractivity (Wildman–Crippen MR) is 64.9 cm³/mol. The maximum Gasteiger partial charge on any atom is 0.0407 e. The van der Waals surface area contributed by atoms with Gasteiger partial charge in [0.25, 0.3) is 0 Å². The summed E-state index contributed by atoms with van der Waals surface area (Å²) in [7, 11) is 0. The van der Waals surface area contributed by atoms with E-state index in [1.54, 1.807) is 0 Å². The minimum Gasteiger partial charge on any atom is -0.122 e. The number of hydrogen-bond donors (Lipinski definition) is 0. The van der Waals surface area contributed by atoms with Crippen molar-refractivity contribution >= 4 is 17.7 Å². The molecule has 76 valence electrons. The van der Waals surface area contributed by atoms with Crippen molar-refractivity contribution in [2.75, 3.05) is 5.88 Å². The van der Waals surface area contributed by atoms with Crippen molar-refractivity contribution in [2.24, 2.45) is 0 Å². The SMILES string of the molecule is CC(C)(C)c1ccc(C=CCCl)cc1. The summed E-state index contributed by atoms with van der Waals surface area (Å²) in [5, 5.41) is 0. The van der Waals surface area contributed by atoms with Crippen molar-refractivity contribution in [1.29, 1.82) is 0 Å². The fraction of sp³-hybridized carbons (Fsp3) is 0.385. The van der Waals surface area contributed by atoms with Crippen molar-refractivity contribution < 1.29 is 0 Å². The number of allylic oxidation sites excluding steroid dienone is 1. The summed E-state index contributed by atoms with van der Waals surface area (Å²) in [5.74, 6) is 0.570. The smallest absolute Gasteiger partial charge is 0.0407 e. The first-order chi connectivity index (χ1) is 6.54. The van der Waals surface area contributed by atoms with E-state index in [2.05, 4.69) is 45.0 Å². The topological polar surface area (TPSA) is 0 Å². The third-order valence-corrected chi connectivity index (χ3v) is 2.35. The molecule has 0 aliphatic carbocycles. The van der Waals surface area contributed by atoms with Gasteiger partial charge in [-0.2, -0.15) is 0 Å². The van der Waals surface area contributed by atoms with Crippen LogP contribution in [0.5, 0.6) is 0 Å². The molecule has 0 radical (unpaired) electrons. The van der Waals surface area contributed by atoms with E-state index in [0.29, 0.717) is 5.88 Å². The van der Waals surface area contributed by atoms with Crippen molar-refractivity contribution in [3.8, 4) is 0 Å². The van der Waals surface area contributed by atoms with Gasteiger partial charge in [0.05, 0.1) is 0 Å². The Morgan fingerprint density at radius 1 is 1.14 bits per heavy atom. The molecule has 1 aromatic rings. The van der Waals surface area contributed by atoms with Crippen molar-refractivity contribution in [1.82, 2.24) is 0 Å². The minimum absolute atomic E-state index is 0.231. The number of halogens is 1.